The summed E-state index contributed by atoms with van der Waals surface area (Å²) in [7, 11) is 0. The standard InChI is InChI=1S/C27H26N6O/c1-19-15-26(33(31-19)24-8-4-6-22(17-24)28-2)27(34)30-23-7-3-5-21(16-23)25(12-11-20-9-10-20)32-14-13-29-18-32/h3-8,13-18,20,25H,9-12H2,1H3,(H,30,34). The van der Waals surface area contributed by atoms with Gasteiger partial charge in [0.25, 0.3) is 5.91 Å². The van der Waals surface area contributed by atoms with Gasteiger partial charge in [0.1, 0.15) is 5.69 Å². The molecule has 170 valence electrons. The van der Waals surface area contributed by atoms with Crippen molar-refractivity contribution < 1.29 is 4.79 Å². The molecule has 0 spiro atoms. The van der Waals surface area contributed by atoms with Gasteiger partial charge >= 0.3 is 0 Å². The maximum Gasteiger partial charge on any atom is 0.274 e. The number of hydrogen-bond acceptors (Lipinski definition) is 3. The zero-order valence-corrected chi connectivity index (χ0v) is 19.1. The summed E-state index contributed by atoms with van der Waals surface area (Å²) in [5.41, 5.74) is 4.21. The highest BCUT2D eigenvalue weighted by Gasteiger charge is 2.24. The van der Waals surface area contributed by atoms with Gasteiger partial charge in [-0.3, -0.25) is 4.79 Å². The van der Waals surface area contributed by atoms with E-state index in [0.717, 1.165) is 29.3 Å². The molecule has 0 aliphatic heterocycles. The number of hydrogen-bond donors (Lipinski definition) is 1. The van der Waals surface area contributed by atoms with Crippen molar-refractivity contribution in [2.75, 3.05) is 5.32 Å². The summed E-state index contributed by atoms with van der Waals surface area (Å²) in [6, 6.07) is 17.1. The first-order chi connectivity index (χ1) is 16.6. The van der Waals surface area contributed by atoms with Gasteiger partial charge in [0.05, 0.1) is 30.3 Å². The molecule has 5 rings (SSSR count). The number of nitrogens with zero attached hydrogens (tertiary/aromatic N) is 5. The minimum Gasteiger partial charge on any atom is -0.330 e. The molecule has 1 aliphatic rings. The van der Waals surface area contributed by atoms with E-state index in [0.29, 0.717) is 17.1 Å². The summed E-state index contributed by atoms with van der Waals surface area (Å²) < 4.78 is 3.74. The van der Waals surface area contributed by atoms with E-state index in [1.54, 1.807) is 28.9 Å². The Morgan fingerprint density at radius 3 is 2.82 bits per heavy atom. The predicted octanol–water partition coefficient (Wildman–Crippen LogP) is 5.96. The summed E-state index contributed by atoms with van der Waals surface area (Å²) in [5, 5.41) is 7.53. The van der Waals surface area contributed by atoms with E-state index in [2.05, 4.69) is 30.9 Å². The number of amides is 1. The number of aryl methyl sites for hydroxylation is 1. The molecule has 2 aromatic carbocycles. The minimum absolute atomic E-state index is 0.184. The molecule has 34 heavy (non-hydrogen) atoms. The first-order valence-electron chi connectivity index (χ1n) is 11.5. The maximum atomic E-state index is 13.3. The lowest BCUT2D eigenvalue weighted by Gasteiger charge is -2.20. The Bertz CT molecular complexity index is 1340. The maximum absolute atomic E-state index is 13.3. The van der Waals surface area contributed by atoms with Gasteiger partial charge in [-0.15, -0.1) is 0 Å². The Morgan fingerprint density at radius 2 is 2.06 bits per heavy atom. The van der Waals surface area contributed by atoms with Crippen LogP contribution in [0.1, 0.15) is 53.5 Å². The molecule has 1 N–H and O–H groups in total. The van der Waals surface area contributed by atoms with E-state index in [-0.39, 0.29) is 11.9 Å². The third-order valence-electron chi connectivity index (χ3n) is 6.23. The van der Waals surface area contributed by atoms with E-state index in [4.69, 9.17) is 6.57 Å². The third kappa shape index (κ3) is 4.76. The second kappa shape index (κ2) is 9.36. The molecule has 7 nitrogen and oxygen atoms in total. The molecular formula is C27H26N6O. The lowest BCUT2D eigenvalue weighted by Crippen LogP contribution is -2.17. The van der Waals surface area contributed by atoms with Crippen molar-refractivity contribution in [3.63, 3.8) is 0 Å². The number of aromatic nitrogens is 4. The van der Waals surface area contributed by atoms with Gasteiger partial charge in [0.2, 0.25) is 0 Å². The van der Waals surface area contributed by atoms with Crippen LogP contribution in [0.5, 0.6) is 0 Å². The average molecular weight is 451 g/mol. The fourth-order valence-electron chi connectivity index (χ4n) is 4.31. The molecule has 2 aromatic heterocycles. The highest BCUT2D eigenvalue weighted by atomic mass is 16.2. The topological polar surface area (TPSA) is 69.1 Å². The Kier molecular flexibility index (Phi) is 5.96. The van der Waals surface area contributed by atoms with Crippen molar-refractivity contribution in [1.82, 2.24) is 19.3 Å². The highest BCUT2D eigenvalue weighted by Crippen LogP contribution is 2.37. The van der Waals surface area contributed by atoms with Gasteiger partial charge in [0, 0.05) is 18.1 Å². The fourth-order valence-corrected chi connectivity index (χ4v) is 4.31. The molecule has 2 heterocycles. The number of carbonyl (C=O) groups excluding carboxylic acids is 1. The summed E-state index contributed by atoms with van der Waals surface area (Å²) in [5.74, 6) is 0.599. The van der Waals surface area contributed by atoms with Crippen LogP contribution in [-0.4, -0.2) is 25.2 Å². The second-order valence-electron chi connectivity index (χ2n) is 8.84. The van der Waals surface area contributed by atoms with Gasteiger partial charge < -0.3 is 9.88 Å². The highest BCUT2D eigenvalue weighted by molar-refractivity contribution is 6.03. The molecule has 1 fully saturated rings. The molecular weight excluding hydrogens is 424 g/mol. The molecule has 1 unspecified atom stereocenters. The Hall–Kier alpha value is -4.18. The zero-order chi connectivity index (χ0) is 23.5. The van der Waals surface area contributed by atoms with Crippen LogP contribution in [0, 0.1) is 19.4 Å². The van der Waals surface area contributed by atoms with Crippen LogP contribution in [0.4, 0.5) is 11.4 Å². The van der Waals surface area contributed by atoms with Crippen LogP contribution in [0.25, 0.3) is 10.5 Å². The van der Waals surface area contributed by atoms with Crippen LogP contribution in [0.3, 0.4) is 0 Å². The van der Waals surface area contributed by atoms with Crippen molar-refractivity contribution in [2.24, 2.45) is 5.92 Å². The molecule has 4 aromatic rings. The summed E-state index contributed by atoms with van der Waals surface area (Å²) in [6.07, 6.45) is 10.6. The van der Waals surface area contributed by atoms with Crippen molar-refractivity contribution in [2.45, 2.75) is 38.6 Å². The van der Waals surface area contributed by atoms with Crippen LogP contribution in [0.2, 0.25) is 0 Å². The van der Waals surface area contributed by atoms with E-state index in [9.17, 15) is 4.79 Å². The van der Waals surface area contributed by atoms with Crippen molar-refractivity contribution in [3.8, 4) is 5.69 Å². The third-order valence-corrected chi connectivity index (χ3v) is 6.23. The molecule has 1 aliphatic carbocycles. The summed E-state index contributed by atoms with van der Waals surface area (Å²) in [4.78, 5) is 21.0. The smallest absolute Gasteiger partial charge is 0.274 e. The number of carbonyl (C=O) groups is 1. The van der Waals surface area contributed by atoms with Crippen LogP contribution in [0.15, 0.2) is 73.3 Å². The first kappa shape index (κ1) is 21.7. The Balaban J connectivity index is 1.40. The van der Waals surface area contributed by atoms with Gasteiger partial charge in [-0.25, -0.2) is 14.5 Å². The van der Waals surface area contributed by atoms with Gasteiger partial charge in [-0.1, -0.05) is 37.1 Å². The lowest BCUT2D eigenvalue weighted by molar-refractivity contribution is 0.101. The molecule has 0 radical (unpaired) electrons. The van der Waals surface area contributed by atoms with Crippen LogP contribution in [-0.2, 0) is 0 Å². The second-order valence-corrected chi connectivity index (χ2v) is 8.84. The lowest BCUT2D eigenvalue weighted by atomic mass is 9.99. The predicted molar refractivity (Wildman–Crippen MR) is 131 cm³/mol. The quantitative estimate of drug-likeness (QED) is 0.337. The number of imidazole rings is 1. The fraction of sp³-hybridized carbons (Fsp3) is 0.259. The van der Waals surface area contributed by atoms with E-state index in [1.807, 2.05) is 49.9 Å². The summed E-state index contributed by atoms with van der Waals surface area (Å²) >= 11 is 0. The van der Waals surface area contributed by atoms with Crippen molar-refractivity contribution in [3.05, 3.63) is 102 Å². The largest absolute Gasteiger partial charge is 0.330 e. The molecule has 0 saturated heterocycles. The van der Waals surface area contributed by atoms with Crippen molar-refractivity contribution in [1.29, 1.82) is 0 Å². The number of anilines is 1. The molecule has 0 bridgehead atoms. The van der Waals surface area contributed by atoms with Gasteiger partial charge in [-0.05, 0) is 61.6 Å². The number of benzene rings is 2. The first-order valence-corrected chi connectivity index (χ1v) is 11.5. The minimum atomic E-state index is -0.247. The van der Waals surface area contributed by atoms with E-state index >= 15 is 0 Å². The van der Waals surface area contributed by atoms with Crippen molar-refractivity contribution >= 4 is 17.3 Å². The van der Waals surface area contributed by atoms with Crippen LogP contribution < -0.4 is 5.32 Å². The monoisotopic (exact) mass is 450 g/mol. The average Bonchev–Trinajstić information content (AvgIpc) is 3.35. The molecule has 1 atom stereocenters. The Labute approximate surface area is 198 Å². The normalized spacial score (nSPS) is 13.9. The molecule has 7 heteroatoms. The zero-order valence-electron chi connectivity index (χ0n) is 19.1. The van der Waals surface area contributed by atoms with Crippen LogP contribution >= 0.6 is 0 Å². The van der Waals surface area contributed by atoms with E-state index in [1.165, 1.54) is 19.3 Å². The van der Waals surface area contributed by atoms with Gasteiger partial charge in [0.15, 0.2) is 5.69 Å². The molecule has 1 saturated carbocycles. The SMILES string of the molecule is [C-]#[N+]c1cccc(-n2nc(C)cc2C(=O)Nc2cccc(C(CCC3CC3)n3ccnc3)c2)c1. The van der Waals surface area contributed by atoms with Gasteiger partial charge in [-0.2, -0.15) is 5.10 Å². The number of rotatable bonds is 8. The number of nitrogens with one attached hydrogen (secondary N) is 1. The molecule has 1 amide bonds. The summed E-state index contributed by atoms with van der Waals surface area (Å²) in [6.45, 7) is 9.12. The van der Waals surface area contributed by atoms with E-state index < -0.39 is 0 Å². The Morgan fingerprint density at radius 1 is 1.21 bits per heavy atom.